The zero-order valence-electron chi connectivity index (χ0n) is 16.0. The van der Waals surface area contributed by atoms with Crippen LogP contribution < -0.4 is 4.90 Å². The molecule has 2 aliphatic rings. The molecule has 0 N–H and O–H groups in total. The second-order valence-electron chi connectivity index (χ2n) is 8.18. The molecule has 1 amide bonds. The quantitative estimate of drug-likeness (QED) is 0.795. The fourth-order valence-corrected chi connectivity index (χ4v) is 4.93. The molecule has 3 nitrogen and oxygen atoms in total. The Morgan fingerprint density at radius 2 is 1.84 bits per heavy atom. The van der Waals surface area contributed by atoms with Gasteiger partial charge in [-0.3, -0.25) is 4.79 Å². The summed E-state index contributed by atoms with van der Waals surface area (Å²) in [5, 5.41) is 0. The molecule has 0 aliphatic carbocycles. The number of likely N-dealkylation sites (tertiary alicyclic amines) is 1. The number of halogens is 1. The molecular weight excluding hydrogens is 315 g/mol. The van der Waals surface area contributed by atoms with E-state index in [1.807, 2.05) is 12.1 Å². The van der Waals surface area contributed by atoms with Crippen LogP contribution in [0.1, 0.15) is 59.8 Å². The first-order valence-electron chi connectivity index (χ1n) is 9.74. The number of hydrogen-bond donors (Lipinski definition) is 0. The Morgan fingerprint density at radius 1 is 1.20 bits per heavy atom. The van der Waals surface area contributed by atoms with E-state index < -0.39 is 0 Å². The van der Waals surface area contributed by atoms with Crippen LogP contribution in [0.2, 0.25) is 0 Å². The molecule has 138 valence electrons. The van der Waals surface area contributed by atoms with Crippen LogP contribution in [0.5, 0.6) is 0 Å². The molecule has 2 heterocycles. The van der Waals surface area contributed by atoms with Crippen molar-refractivity contribution in [1.29, 1.82) is 0 Å². The molecule has 2 atom stereocenters. The molecule has 2 aliphatic heterocycles. The van der Waals surface area contributed by atoms with E-state index >= 15 is 0 Å². The van der Waals surface area contributed by atoms with Gasteiger partial charge in [0.05, 0.1) is 12.1 Å². The number of carbonyl (C=O) groups excluding carboxylic acids is 1. The molecule has 25 heavy (non-hydrogen) atoms. The van der Waals surface area contributed by atoms with Crippen molar-refractivity contribution < 1.29 is 9.18 Å². The third kappa shape index (κ3) is 3.28. The van der Waals surface area contributed by atoms with Crippen LogP contribution >= 0.6 is 0 Å². The van der Waals surface area contributed by atoms with Gasteiger partial charge in [-0.05, 0) is 70.2 Å². The van der Waals surface area contributed by atoms with Crippen LogP contribution in [-0.4, -0.2) is 35.0 Å². The SMILES string of the molecule is CCC(CC)C(=O)N1CCC[C@H]2[C@@H]1CC(C)(C)N2c1ccc(F)cc1. The maximum absolute atomic E-state index is 13.4. The predicted molar refractivity (Wildman–Crippen MR) is 100 cm³/mol. The zero-order valence-corrected chi connectivity index (χ0v) is 16.0. The summed E-state index contributed by atoms with van der Waals surface area (Å²) < 4.78 is 13.4. The van der Waals surface area contributed by atoms with Crippen LogP contribution in [0, 0.1) is 11.7 Å². The minimum atomic E-state index is -0.202. The number of benzene rings is 1. The monoisotopic (exact) mass is 346 g/mol. The maximum Gasteiger partial charge on any atom is 0.225 e. The van der Waals surface area contributed by atoms with Gasteiger partial charge in [0.1, 0.15) is 5.82 Å². The van der Waals surface area contributed by atoms with Crippen LogP contribution in [0.3, 0.4) is 0 Å². The highest BCUT2D eigenvalue weighted by molar-refractivity contribution is 5.79. The van der Waals surface area contributed by atoms with Crippen LogP contribution in [0.15, 0.2) is 24.3 Å². The molecule has 0 radical (unpaired) electrons. The Balaban J connectivity index is 1.90. The van der Waals surface area contributed by atoms with Crippen molar-refractivity contribution in [2.75, 3.05) is 11.4 Å². The average Bonchev–Trinajstić information content (AvgIpc) is 2.86. The highest BCUT2D eigenvalue weighted by Gasteiger charge is 2.50. The second-order valence-corrected chi connectivity index (χ2v) is 8.18. The largest absolute Gasteiger partial charge is 0.361 e. The zero-order chi connectivity index (χ0) is 18.2. The summed E-state index contributed by atoms with van der Waals surface area (Å²) in [6.45, 7) is 9.58. The summed E-state index contributed by atoms with van der Waals surface area (Å²) in [5.74, 6) is 0.268. The summed E-state index contributed by atoms with van der Waals surface area (Å²) >= 11 is 0. The Labute approximate surface area is 151 Å². The van der Waals surface area contributed by atoms with E-state index in [1.165, 1.54) is 12.1 Å². The molecule has 2 saturated heterocycles. The number of hydrogen-bond acceptors (Lipinski definition) is 2. The van der Waals surface area contributed by atoms with Gasteiger partial charge in [0, 0.05) is 23.7 Å². The molecule has 0 bridgehead atoms. The summed E-state index contributed by atoms with van der Waals surface area (Å²) in [5.41, 5.74) is 1.03. The number of anilines is 1. The number of fused-ring (bicyclic) bond motifs is 1. The standard InChI is InChI=1S/C21H31FN2O/c1-5-15(6-2)20(25)23-13-7-8-18-19(23)14-21(3,4)24(18)17-11-9-16(22)10-12-17/h9-12,15,18-19H,5-8,13-14H2,1-4H3/t18-,19-/m0/s1. The molecule has 0 unspecified atom stereocenters. The van der Waals surface area contributed by atoms with E-state index in [4.69, 9.17) is 0 Å². The van der Waals surface area contributed by atoms with E-state index in [-0.39, 0.29) is 23.3 Å². The highest BCUT2D eigenvalue weighted by atomic mass is 19.1. The van der Waals surface area contributed by atoms with E-state index in [0.717, 1.165) is 44.3 Å². The maximum atomic E-state index is 13.4. The first-order valence-corrected chi connectivity index (χ1v) is 9.74. The van der Waals surface area contributed by atoms with Gasteiger partial charge >= 0.3 is 0 Å². The van der Waals surface area contributed by atoms with Gasteiger partial charge < -0.3 is 9.80 Å². The van der Waals surface area contributed by atoms with E-state index in [2.05, 4.69) is 37.5 Å². The van der Waals surface area contributed by atoms with Crippen molar-refractivity contribution >= 4 is 11.6 Å². The fourth-order valence-electron chi connectivity index (χ4n) is 4.93. The third-order valence-corrected chi connectivity index (χ3v) is 6.16. The molecule has 0 aromatic heterocycles. The molecule has 0 spiro atoms. The van der Waals surface area contributed by atoms with Gasteiger partial charge in [-0.15, -0.1) is 0 Å². The van der Waals surface area contributed by atoms with Crippen molar-refractivity contribution in [1.82, 2.24) is 4.90 Å². The van der Waals surface area contributed by atoms with Gasteiger partial charge in [-0.25, -0.2) is 4.39 Å². The number of nitrogens with zero attached hydrogens (tertiary/aromatic N) is 2. The third-order valence-electron chi connectivity index (χ3n) is 6.16. The molecule has 1 aromatic rings. The van der Waals surface area contributed by atoms with Gasteiger partial charge in [-0.2, -0.15) is 0 Å². The minimum absolute atomic E-state index is 0.0377. The number of rotatable bonds is 4. The van der Waals surface area contributed by atoms with Gasteiger partial charge in [0.2, 0.25) is 5.91 Å². The van der Waals surface area contributed by atoms with Crippen molar-refractivity contribution in [2.24, 2.45) is 5.92 Å². The van der Waals surface area contributed by atoms with Crippen molar-refractivity contribution in [3.8, 4) is 0 Å². The Bertz CT molecular complexity index is 609. The van der Waals surface area contributed by atoms with E-state index in [0.29, 0.717) is 11.9 Å². The summed E-state index contributed by atoms with van der Waals surface area (Å²) in [4.78, 5) is 17.7. The lowest BCUT2D eigenvalue weighted by atomic mass is 9.91. The first kappa shape index (κ1) is 18.2. The Kier molecular flexibility index (Phi) is 5.08. The van der Waals surface area contributed by atoms with Crippen LogP contribution in [-0.2, 0) is 4.79 Å². The summed E-state index contributed by atoms with van der Waals surface area (Å²) in [6, 6.07) is 7.42. The summed E-state index contributed by atoms with van der Waals surface area (Å²) in [6.07, 6.45) is 4.93. The average molecular weight is 346 g/mol. The Hall–Kier alpha value is -1.58. The van der Waals surface area contributed by atoms with Gasteiger partial charge in [0.15, 0.2) is 0 Å². The number of amides is 1. The number of carbonyl (C=O) groups is 1. The van der Waals surface area contributed by atoms with Crippen molar-refractivity contribution in [3.05, 3.63) is 30.1 Å². The van der Waals surface area contributed by atoms with Gasteiger partial charge in [0.25, 0.3) is 0 Å². The predicted octanol–water partition coefficient (Wildman–Crippen LogP) is 4.61. The molecule has 1 aromatic carbocycles. The molecular formula is C21H31FN2O. The van der Waals surface area contributed by atoms with E-state index in [1.54, 1.807) is 0 Å². The molecule has 2 fully saturated rings. The number of piperidine rings is 1. The Morgan fingerprint density at radius 3 is 2.44 bits per heavy atom. The molecule has 3 rings (SSSR count). The second kappa shape index (κ2) is 6.97. The highest BCUT2D eigenvalue weighted by Crippen LogP contribution is 2.44. The van der Waals surface area contributed by atoms with Crippen molar-refractivity contribution in [2.45, 2.75) is 77.4 Å². The summed E-state index contributed by atoms with van der Waals surface area (Å²) in [7, 11) is 0. The normalized spacial score (nSPS) is 25.4. The fraction of sp³-hybridized carbons (Fsp3) is 0.667. The van der Waals surface area contributed by atoms with E-state index in [9.17, 15) is 9.18 Å². The van der Waals surface area contributed by atoms with Crippen LogP contribution in [0.25, 0.3) is 0 Å². The molecule has 0 saturated carbocycles. The topological polar surface area (TPSA) is 23.6 Å². The lowest BCUT2D eigenvalue weighted by Crippen LogP contribution is -2.54. The lowest BCUT2D eigenvalue weighted by molar-refractivity contribution is -0.139. The smallest absolute Gasteiger partial charge is 0.225 e. The van der Waals surface area contributed by atoms with Gasteiger partial charge in [-0.1, -0.05) is 13.8 Å². The molecule has 4 heteroatoms. The van der Waals surface area contributed by atoms with Crippen molar-refractivity contribution in [3.63, 3.8) is 0 Å². The first-order chi connectivity index (χ1) is 11.9. The lowest BCUT2D eigenvalue weighted by Gasteiger charge is -2.43. The van der Waals surface area contributed by atoms with Crippen LogP contribution in [0.4, 0.5) is 10.1 Å². The minimum Gasteiger partial charge on any atom is -0.361 e.